The van der Waals surface area contributed by atoms with Gasteiger partial charge in [0, 0.05) is 5.92 Å². The normalized spacial score (nSPS) is 30.4. The van der Waals surface area contributed by atoms with Crippen LogP contribution in [0.2, 0.25) is 0 Å². The molecule has 0 amide bonds. The van der Waals surface area contributed by atoms with E-state index in [2.05, 4.69) is 0 Å². The Morgan fingerprint density at radius 1 is 1.21 bits per heavy atom. The first-order valence-corrected chi connectivity index (χ1v) is 6.79. The van der Waals surface area contributed by atoms with Crippen LogP contribution >= 0.6 is 0 Å². The van der Waals surface area contributed by atoms with E-state index in [-0.39, 0.29) is 12.0 Å². The quantitative estimate of drug-likeness (QED) is 0.906. The van der Waals surface area contributed by atoms with Crippen LogP contribution in [0.15, 0.2) is 18.2 Å². The van der Waals surface area contributed by atoms with Crippen LogP contribution in [0.5, 0.6) is 11.5 Å². The third kappa shape index (κ3) is 2.09. The van der Waals surface area contributed by atoms with Crippen LogP contribution in [0.4, 0.5) is 0 Å². The number of aliphatic hydroxyl groups excluding tert-OH is 1. The Morgan fingerprint density at radius 2 is 1.89 bits per heavy atom. The number of fused-ring (bicyclic) bond motifs is 2. The third-order valence-corrected chi connectivity index (χ3v) is 4.32. The SMILES string of the molecule is COc1cccc(OC)c1C(O)C1CC2CCC1O2. The first-order chi connectivity index (χ1) is 9.24. The van der Waals surface area contributed by atoms with Crippen molar-refractivity contribution in [3.05, 3.63) is 23.8 Å². The minimum atomic E-state index is -0.596. The van der Waals surface area contributed by atoms with Gasteiger partial charge in [-0.05, 0) is 31.4 Å². The van der Waals surface area contributed by atoms with Crippen LogP contribution in [-0.2, 0) is 4.74 Å². The summed E-state index contributed by atoms with van der Waals surface area (Å²) in [6.45, 7) is 0. The van der Waals surface area contributed by atoms with Crippen LogP contribution < -0.4 is 9.47 Å². The van der Waals surface area contributed by atoms with Gasteiger partial charge >= 0.3 is 0 Å². The molecule has 104 valence electrons. The molecule has 2 aliphatic heterocycles. The molecule has 4 nitrogen and oxygen atoms in total. The van der Waals surface area contributed by atoms with Crippen LogP contribution in [0.25, 0.3) is 0 Å². The van der Waals surface area contributed by atoms with Crippen molar-refractivity contribution in [3.63, 3.8) is 0 Å². The molecular formula is C15H20O4. The number of ether oxygens (including phenoxy) is 3. The van der Waals surface area contributed by atoms with Gasteiger partial charge in [-0.1, -0.05) is 6.07 Å². The molecule has 1 aromatic carbocycles. The van der Waals surface area contributed by atoms with Gasteiger partial charge in [0.2, 0.25) is 0 Å². The van der Waals surface area contributed by atoms with Crippen molar-refractivity contribution in [2.24, 2.45) is 5.92 Å². The topological polar surface area (TPSA) is 47.9 Å². The molecule has 2 saturated heterocycles. The van der Waals surface area contributed by atoms with Gasteiger partial charge in [0.1, 0.15) is 11.5 Å². The van der Waals surface area contributed by atoms with E-state index in [0.717, 1.165) is 24.8 Å². The minimum Gasteiger partial charge on any atom is -0.496 e. The summed E-state index contributed by atoms with van der Waals surface area (Å²) in [5, 5.41) is 10.7. The summed E-state index contributed by atoms with van der Waals surface area (Å²) in [7, 11) is 3.23. The molecule has 0 aliphatic carbocycles. The number of aliphatic hydroxyl groups is 1. The molecular weight excluding hydrogens is 244 g/mol. The maximum Gasteiger partial charge on any atom is 0.128 e. The average Bonchev–Trinajstić information content (AvgIpc) is 3.08. The van der Waals surface area contributed by atoms with Crippen molar-refractivity contribution in [1.82, 2.24) is 0 Å². The maximum absolute atomic E-state index is 10.7. The van der Waals surface area contributed by atoms with Gasteiger partial charge in [0.15, 0.2) is 0 Å². The van der Waals surface area contributed by atoms with Crippen LogP contribution in [0.3, 0.4) is 0 Å². The Bertz CT molecular complexity index is 437. The number of benzene rings is 1. The van der Waals surface area contributed by atoms with E-state index in [4.69, 9.17) is 14.2 Å². The van der Waals surface area contributed by atoms with Crippen molar-refractivity contribution in [2.45, 2.75) is 37.6 Å². The zero-order valence-electron chi connectivity index (χ0n) is 11.3. The molecule has 4 unspecified atom stereocenters. The van der Waals surface area contributed by atoms with Crippen molar-refractivity contribution < 1.29 is 19.3 Å². The standard InChI is InChI=1S/C15H20O4/c1-17-12-4-3-5-13(18-2)14(12)15(16)10-8-9-6-7-11(10)19-9/h3-5,9-11,15-16H,6-8H2,1-2H3. The molecule has 1 aromatic rings. The second kappa shape index (κ2) is 5.02. The molecule has 3 rings (SSSR count). The summed E-state index contributed by atoms with van der Waals surface area (Å²) in [6, 6.07) is 5.58. The lowest BCUT2D eigenvalue weighted by atomic mass is 9.82. The molecule has 0 aromatic heterocycles. The zero-order valence-corrected chi connectivity index (χ0v) is 11.3. The second-order valence-electron chi connectivity index (χ2n) is 5.29. The zero-order chi connectivity index (χ0) is 13.4. The fourth-order valence-electron chi connectivity index (χ4n) is 3.39. The average molecular weight is 264 g/mol. The monoisotopic (exact) mass is 264 g/mol. The van der Waals surface area contributed by atoms with Gasteiger partial charge in [0.25, 0.3) is 0 Å². The number of methoxy groups -OCH3 is 2. The molecule has 4 atom stereocenters. The van der Waals surface area contributed by atoms with Crippen LogP contribution in [0, 0.1) is 5.92 Å². The predicted molar refractivity (Wildman–Crippen MR) is 70.5 cm³/mol. The van der Waals surface area contributed by atoms with Gasteiger partial charge < -0.3 is 19.3 Å². The van der Waals surface area contributed by atoms with Gasteiger partial charge in [-0.25, -0.2) is 0 Å². The lowest BCUT2D eigenvalue weighted by Gasteiger charge is -2.26. The van der Waals surface area contributed by atoms with E-state index in [1.807, 2.05) is 18.2 Å². The summed E-state index contributed by atoms with van der Waals surface area (Å²) in [6.07, 6.45) is 3.00. The summed E-state index contributed by atoms with van der Waals surface area (Å²) in [5.74, 6) is 1.49. The van der Waals surface area contributed by atoms with Crippen molar-refractivity contribution in [1.29, 1.82) is 0 Å². The minimum absolute atomic E-state index is 0.143. The molecule has 2 aliphatic rings. The predicted octanol–water partition coefficient (Wildman–Crippen LogP) is 2.30. The van der Waals surface area contributed by atoms with Crippen molar-refractivity contribution in [2.75, 3.05) is 14.2 Å². The molecule has 2 fully saturated rings. The molecule has 0 saturated carbocycles. The van der Waals surface area contributed by atoms with Crippen LogP contribution in [0.1, 0.15) is 30.9 Å². The maximum atomic E-state index is 10.7. The first-order valence-electron chi connectivity index (χ1n) is 6.79. The van der Waals surface area contributed by atoms with E-state index < -0.39 is 6.10 Å². The molecule has 2 heterocycles. The lowest BCUT2D eigenvalue weighted by Crippen LogP contribution is -2.24. The Morgan fingerprint density at radius 3 is 2.37 bits per heavy atom. The summed E-state index contributed by atoms with van der Waals surface area (Å²) in [4.78, 5) is 0. The van der Waals surface area contributed by atoms with Crippen LogP contribution in [-0.4, -0.2) is 31.5 Å². The largest absolute Gasteiger partial charge is 0.496 e. The van der Waals surface area contributed by atoms with E-state index >= 15 is 0 Å². The highest BCUT2D eigenvalue weighted by Gasteiger charge is 2.45. The molecule has 19 heavy (non-hydrogen) atoms. The number of hydrogen-bond donors (Lipinski definition) is 1. The number of hydrogen-bond acceptors (Lipinski definition) is 4. The van der Waals surface area contributed by atoms with E-state index in [1.165, 1.54) is 0 Å². The van der Waals surface area contributed by atoms with Crippen molar-refractivity contribution >= 4 is 0 Å². The third-order valence-electron chi connectivity index (χ3n) is 4.32. The molecule has 1 N–H and O–H groups in total. The van der Waals surface area contributed by atoms with E-state index in [9.17, 15) is 5.11 Å². The first kappa shape index (κ1) is 12.8. The molecule has 0 spiro atoms. The molecule has 4 heteroatoms. The molecule has 0 radical (unpaired) electrons. The lowest BCUT2D eigenvalue weighted by molar-refractivity contribution is 0.0400. The summed E-state index contributed by atoms with van der Waals surface area (Å²) in [5.41, 5.74) is 0.744. The highest BCUT2D eigenvalue weighted by Crippen LogP contribution is 2.48. The van der Waals surface area contributed by atoms with Gasteiger partial charge in [0.05, 0.1) is 38.1 Å². The summed E-state index contributed by atoms with van der Waals surface area (Å²) >= 11 is 0. The Balaban J connectivity index is 1.92. The Labute approximate surface area is 113 Å². The van der Waals surface area contributed by atoms with Crippen molar-refractivity contribution in [3.8, 4) is 11.5 Å². The van der Waals surface area contributed by atoms with E-state index in [1.54, 1.807) is 14.2 Å². The number of rotatable bonds is 4. The van der Waals surface area contributed by atoms with Gasteiger partial charge in [-0.15, -0.1) is 0 Å². The smallest absolute Gasteiger partial charge is 0.128 e. The summed E-state index contributed by atoms with van der Waals surface area (Å²) < 4.78 is 16.6. The Kier molecular flexibility index (Phi) is 3.37. The fraction of sp³-hybridized carbons (Fsp3) is 0.600. The highest BCUT2D eigenvalue weighted by molar-refractivity contribution is 5.46. The molecule has 2 bridgehead atoms. The van der Waals surface area contributed by atoms with E-state index in [0.29, 0.717) is 17.6 Å². The Hall–Kier alpha value is -1.26. The highest BCUT2D eigenvalue weighted by atomic mass is 16.5. The second-order valence-corrected chi connectivity index (χ2v) is 5.29. The van der Waals surface area contributed by atoms with Gasteiger partial charge in [-0.3, -0.25) is 0 Å². The van der Waals surface area contributed by atoms with Gasteiger partial charge in [-0.2, -0.15) is 0 Å². The fourth-order valence-corrected chi connectivity index (χ4v) is 3.39.